The first-order chi connectivity index (χ1) is 9.77. The molecule has 0 heterocycles. The summed E-state index contributed by atoms with van der Waals surface area (Å²) in [5.74, 6) is 0. The lowest BCUT2D eigenvalue weighted by atomic mass is 9.96. The topological polar surface area (TPSA) is 26.0 Å². The molecular weight excluding hydrogens is 299 g/mol. The molecule has 1 atom stereocenters. The lowest BCUT2D eigenvalue weighted by Crippen LogP contribution is -2.15. The Morgan fingerprint density at radius 1 is 1.10 bits per heavy atom. The number of halogens is 4. The van der Waals surface area contributed by atoms with Gasteiger partial charge >= 0.3 is 6.18 Å². The summed E-state index contributed by atoms with van der Waals surface area (Å²) in [6.45, 7) is 1.91. The third-order valence-electron chi connectivity index (χ3n) is 3.37. The highest BCUT2D eigenvalue weighted by atomic mass is 35.5. The number of alkyl halides is 3. The monoisotopic (exact) mass is 313 g/mol. The zero-order chi connectivity index (χ0) is 15.6. The molecule has 2 aromatic carbocycles. The van der Waals surface area contributed by atoms with Crippen LogP contribution in [0.3, 0.4) is 0 Å². The summed E-state index contributed by atoms with van der Waals surface area (Å²) in [6.07, 6.45) is -3.84. The summed E-state index contributed by atoms with van der Waals surface area (Å²) in [4.78, 5) is 0. The second kappa shape index (κ2) is 6.08. The Kier molecular flexibility index (Phi) is 4.59. The molecule has 2 rings (SSSR count). The maximum Gasteiger partial charge on any atom is 0.416 e. The van der Waals surface area contributed by atoms with Gasteiger partial charge in [-0.2, -0.15) is 13.2 Å². The van der Waals surface area contributed by atoms with Crippen LogP contribution in [0.1, 0.15) is 28.3 Å². The van der Waals surface area contributed by atoms with Crippen LogP contribution in [0.2, 0.25) is 5.02 Å². The molecule has 0 radical (unpaired) electrons. The highest BCUT2D eigenvalue weighted by Crippen LogP contribution is 2.30. The van der Waals surface area contributed by atoms with E-state index in [0.29, 0.717) is 11.4 Å². The van der Waals surface area contributed by atoms with Crippen molar-refractivity contribution in [2.24, 2.45) is 5.73 Å². The molecule has 0 bridgehead atoms. The van der Waals surface area contributed by atoms with Crippen molar-refractivity contribution in [3.8, 4) is 0 Å². The van der Waals surface area contributed by atoms with Crippen molar-refractivity contribution < 1.29 is 13.2 Å². The van der Waals surface area contributed by atoms with Gasteiger partial charge < -0.3 is 5.73 Å². The van der Waals surface area contributed by atoms with Gasteiger partial charge in [0.1, 0.15) is 0 Å². The summed E-state index contributed by atoms with van der Waals surface area (Å²) in [7, 11) is 0. The Labute approximate surface area is 126 Å². The summed E-state index contributed by atoms with van der Waals surface area (Å²) < 4.78 is 37.5. The molecule has 2 aromatic rings. The predicted molar refractivity (Wildman–Crippen MR) is 78.3 cm³/mol. The van der Waals surface area contributed by atoms with E-state index in [9.17, 15) is 13.2 Å². The lowest BCUT2D eigenvalue weighted by Gasteiger charge is -2.15. The highest BCUT2D eigenvalue weighted by Gasteiger charge is 2.29. The number of aryl methyl sites for hydroxylation is 1. The molecule has 0 spiro atoms. The number of rotatable bonds is 3. The molecule has 0 saturated heterocycles. The van der Waals surface area contributed by atoms with E-state index in [2.05, 4.69) is 0 Å². The third kappa shape index (κ3) is 3.99. The molecule has 0 aliphatic carbocycles. The Morgan fingerprint density at radius 2 is 1.71 bits per heavy atom. The van der Waals surface area contributed by atoms with Crippen LogP contribution in [-0.4, -0.2) is 0 Å². The quantitative estimate of drug-likeness (QED) is 0.856. The van der Waals surface area contributed by atoms with Gasteiger partial charge in [0.2, 0.25) is 0 Å². The molecule has 21 heavy (non-hydrogen) atoms. The minimum atomic E-state index is -4.31. The van der Waals surface area contributed by atoms with Gasteiger partial charge in [-0.15, -0.1) is 0 Å². The van der Waals surface area contributed by atoms with Crippen LogP contribution in [0.4, 0.5) is 13.2 Å². The van der Waals surface area contributed by atoms with E-state index in [0.717, 1.165) is 28.8 Å². The van der Waals surface area contributed by atoms with Crippen molar-refractivity contribution in [3.05, 3.63) is 69.7 Å². The molecule has 0 amide bonds. The molecule has 0 aliphatic heterocycles. The zero-order valence-electron chi connectivity index (χ0n) is 11.4. The molecule has 0 aromatic heterocycles. The fourth-order valence-corrected chi connectivity index (χ4v) is 2.48. The minimum Gasteiger partial charge on any atom is -0.324 e. The third-order valence-corrected chi connectivity index (χ3v) is 3.60. The average molecular weight is 314 g/mol. The van der Waals surface area contributed by atoms with E-state index in [1.807, 2.05) is 19.1 Å². The van der Waals surface area contributed by atoms with Crippen molar-refractivity contribution >= 4 is 11.6 Å². The van der Waals surface area contributed by atoms with E-state index >= 15 is 0 Å². The summed E-state index contributed by atoms with van der Waals surface area (Å²) in [5, 5.41) is 0.637. The van der Waals surface area contributed by atoms with Gasteiger partial charge in [0.15, 0.2) is 0 Å². The van der Waals surface area contributed by atoms with Gasteiger partial charge in [-0.25, -0.2) is 0 Å². The van der Waals surface area contributed by atoms with E-state index in [4.69, 9.17) is 17.3 Å². The van der Waals surface area contributed by atoms with Gasteiger partial charge in [-0.1, -0.05) is 29.8 Å². The Hall–Kier alpha value is -1.52. The number of hydrogen-bond acceptors (Lipinski definition) is 1. The normalized spacial score (nSPS) is 13.2. The molecule has 2 N–H and O–H groups in total. The van der Waals surface area contributed by atoms with Gasteiger partial charge in [-0.3, -0.25) is 0 Å². The van der Waals surface area contributed by atoms with Crippen LogP contribution in [0, 0.1) is 6.92 Å². The van der Waals surface area contributed by atoms with Crippen molar-refractivity contribution in [2.75, 3.05) is 0 Å². The Morgan fingerprint density at radius 3 is 2.24 bits per heavy atom. The average Bonchev–Trinajstić information content (AvgIpc) is 2.38. The van der Waals surface area contributed by atoms with E-state index in [-0.39, 0.29) is 6.04 Å². The van der Waals surface area contributed by atoms with Crippen molar-refractivity contribution in [1.82, 2.24) is 0 Å². The maximum atomic E-state index is 12.5. The SMILES string of the molecule is Cc1cc(Cl)ccc1C(N)Cc1ccc(C(F)(F)F)cc1. The molecule has 0 aliphatic rings. The number of benzene rings is 2. The molecular formula is C16H15ClF3N. The Balaban J connectivity index is 2.14. The fourth-order valence-electron chi connectivity index (χ4n) is 2.25. The van der Waals surface area contributed by atoms with Crippen LogP contribution in [-0.2, 0) is 12.6 Å². The smallest absolute Gasteiger partial charge is 0.324 e. The largest absolute Gasteiger partial charge is 0.416 e. The van der Waals surface area contributed by atoms with E-state index < -0.39 is 11.7 Å². The van der Waals surface area contributed by atoms with E-state index in [1.54, 1.807) is 6.07 Å². The minimum absolute atomic E-state index is 0.279. The first kappa shape index (κ1) is 15.9. The van der Waals surface area contributed by atoms with Crippen molar-refractivity contribution in [1.29, 1.82) is 0 Å². The van der Waals surface area contributed by atoms with Crippen LogP contribution >= 0.6 is 11.6 Å². The summed E-state index contributed by atoms with van der Waals surface area (Å²) >= 11 is 5.89. The molecule has 5 heteroatoms. The van der Waals surface area contributed by atoms with Crippen molar-refractivity contribution in [3.63, 3.8) is 0 Å². The molecule has 112 valence electrons. The lowest BCUT2D eigenvalue weighted by molar-refractivity contribution is -0.137. The van der Waals surface area contributed by atoms with Crippen LogP contribution < -0.4 is 5.73 Å². The first-order valence-corrected chi connectivity index (χ1v) is 6.83. The summed E-state index contributed by atoms with van der Waals surface area (Å²) in [6, 6.07) is 10.3. The molecule has 1 unspecified atom stereocenters. The van der Waals surface area contributed by atoms with Crippen LogP contribution in [0.5, 0.6) is 0 Å². The van der Waals surface area contributed by atoms with Gasteiger partial charge in [0.25, 0.3) is 0 Å². The number of nitrogens with two attached hydrogens (primary N) is 1. The van der Waals surface area contributed by atoms with Gasteiger partial charge in [-0.05, 0) is 54.3 Å². The standard InChI is InChI=1S/C16H15ClF3N/c1-10-8-13(17)6-7-14(10)15(21)9-11-2-4-12(5-3-11)16(18,19)20/h2-8,15H,9,21H2,1H3. The number of hydrogen-bond donors (Lipinski definition) is 1. The van der Waals surface area contributed by atoms with Crippen LogP contribution in [0.25, 0.3) is 0 Å². The predicted octanol–water partition coefficient (Wildman–Crippen LogP) is 4.91. The van der Waals surface area contributed by atoms with Gasteiger partial charge in [0.05, 0.1) is 5.56 Å². The molecule has 1 nitrogen and oxygen atoms in total. The van der Waals surface area contributed by atoms with Crippen molar-refractivity contribution in [2.45, 2.75) is 25.6 Å². The van der Waals surface area contributed by atoms with E-state index in [1.165, 1.54) is 12.1 Å². The second-order valence-corrected chi connectivity index (χ2v) is 5.44. The second-order valence-electron chi connectivity index (χ2n) is 5.01. The molecule has 0 fully saturated rings. The first-order valence-electron chi connectivity index (χ1n) is 6.45. The Bertz CT molecular complexity index is 620. The van der Waals surface area contributed by atoms with Gasteiger partial charge in [0, 0.05) is 11.1 Å². The highest BCUT2D eigenvalue weighted by molar-refractivity contribution is 6.30. The molecule has 0 saturated carbocycles. The fraction of sp³-hybridized carbons (Fsp3) is 0.250. The maximum absolute atomic E-state index is 12.5. The zero-order valence-corrected chi connectivity index (χ0v) is 12.2. The van der Waals surface area contributed by atoms with Crippen LogP contribution in [0.15, 0.2) is 42.5 Å². The summed E-state index contributed by atoms with van der Waals surface area (Å²) in [5.41, 5.74) is 8.17.